The number of hydrogen-bond donors (Lipinski definition) is 0. The minimum absolute atomic E-state index is 0.0135. The van der Waals surface area contributed by atoms with Gasteiger partial charge in [0.2, 0.25) is 5.91 Å². The van der Waals surface area contributed by atoms with Crippen molar-refractivity contribution in [1.82, 2.24) is 14.5 Å². The van der Waals surface area contributed by atoms with Crippen LogP contribution in [0.3, 0.4) is 0 Å². The normalized spacial score (nSPS) is 14.8. The molecule has 0 saturated heterocycles. The number of rotatable bonds is 6. The van der Waals surface area contributed by atoms with Crippen LogP contribution in [-0.4, -0.2) is 26.4 Å². The first-order chi connectivity index (χ1) is 13.5. The highest BCUT2D eigenvalue weighted by Gasteiger charge is 2.34. The molecule has 1 saturated carbocycles. The fourth-order valence-electron chi connectivity index (χ4n) is 3.76. The van der Waals surface area contributed by atoms with Crippen LogP contribution in [0.15, 0.2) is 59.7 Å². The summed E-state index contributed by atoms with van der Waals surface area (Å²) >= 11 is 0. The smallest absolute Gasteiger partial charge is 0.261 e. The highest BCUT2D eigenvalue weighted by molar-refractivity contribution is 5.81. The van der Waals surface area contributed by atoms with Gasteiger partial charge in [0, 0.05) is 12.6 Å². The zero-order valence-electron chi connectivity index (χ0n) is 16.3. The minimum atomic E-state index is -0.166. The molecule has 1 aromatic heterocycles. The predicted octanol–water partition coefficient (Wildman–Crippen LogP) is 3.53. The number of amides is 1. The summed E-state index contributed by atoms with van der Waals surface area (Å²) in [5.41, 5.74) is 2.59. The quantitative estimate of drug-likeness (QED) is 0.662. The van der Waals surface area contributed by atoms with E-state index < -0.39 is 0 Å². The molecular formula is C23H25N3O2. The van der Waals surface area contributed by atoms with Gasteiger partial charge in [-0.3, -0.25) is 14.2 Å². The molecule has 5 heteroatoms. The van der Waals surface area contributed by atoms with Gasteiger partial charge in [-0.05, 0) is 49.8 Å². The molecule has 0 spiro atoms. The maximum atomic E-state index is 13.2. The highest BCUT2D eigenvalue weighted by Crippen LogP contribution is 2.35. The summed E-state index contributed by atoms with van der Waals surface area (Å²) in [7, 11) is 0. The van der Waals surface area contributed by atoms with Crippen molar-refractivity contribution < 1.29 is 4.79 Å². The van der Waals surface area contributed by atoms with Crippen molar-refractivity contribution in [3.05, 3.63) is 76.3 Å². The number of benzene rings is 2. The lowest BCUT2D eigenvalue weighted by Crippen LogP contribution is -2.42. The average molecular weight is 375 g/mol. The molecule has 3 aromatic rings. The molecule has 0 aliphatic heterocycles. The summed E-state index contributed by atoms with van der Waals surface area (Å²) < 4.78 is 1.43. The topological polar surface area (TPSA) is 55.2 Å². The summed E-state index contributed by atoms with van der Waals surface area (Å²) in [5.74, 6) is 0.515. The Morgan fingerprint density at radius 1 is 1.18 bits per heavy atom. The molecule has 1 aliphatic rings. The van der Waals surface area contributed by atoms with E-state index in [-0.39, 0.29) is 24.1 Å². The first-order valence-corrected chi connectivity index (χ1v) is 9.83. The fourth-order valence-corrected chi connectivity index (χ4v) is 3.76. The predicted molar refractivity (Wildman–Crippen MR) is 110 cm³/mol. The van der Waals surface area contributed by atoms with Crippen LogP contribution in [0.4, 0.5) is 0 Å². The summed E-state index contributed by atoms with van der Waals surface area (Å²) in [6.45, 7) is 4.62. The van der Waals surface area contributed by atoms with E-state index in [0.29, 0.717) is 23.4 Å². The molecule has 28 heavy (non-hydrogen) atoms. The molecular weight excluding hydrogens is 350 g/mol. The van der Waals surface area contributed by atoms with E-state index in [0.717, 1.165) is 24.0 Å². The Balaban J connectivity index is 1.61. The second-order valence-corrected chi connectivity index (χ2v) is 7.73. The van der Waals surface area contributed by atoms with E-state index in [9.17, 15) is 9.59 Å². The average Bonchev–Trinajstić information content (AvgIpc) is 3.54. The molecule has 4 rings (SSSR count). The minimum Gasteiger partial charge on any atom is -0.334 e. The largest absolute Gasteiger partial charge is 0.334 e. The monoisotopic (exact) mass is 375 g/mol. The summed E-state index contributed by atoms with van der Waals surface area (Å²) in [6, 6.07) is 15.7. The lowest BCUT2D eigenvalue weighted by Gasteiger charge is -2.30. The van der Waals surface area contributed by atoms with Crippen molar-refractivity contribution in [1.29, 1.82) is 0 Å². The van der Waals surface area contributed by atoms with E-state index in [4.69, 9.17) is 0 Å². The van der Waals surface area contributed by atoms with E-state index in [2.05, 4.69) is 11.9 Å². The van der Waals surface area contributed by atoms with Crippen molar-refractivity contribution in [3.8, 4) is 0 Å². The first kappa shape index (κ1) is 18.4. The Kier molecular flexibility index (Phi) is 4.99. The zero-order chi connectivity index (χ0) is 19.7. The van der Waals surface area contributed by atoms with Gasteiger partial charge in [0.25, 0.3) is 5.56 Å². The second kappa shape index (κ2) is 7.58. The third kappa shape index (κ3) is 3.70. The molecule has 1 fully saturated rings. The number of aryl methyl sites for hydroxylation is 1. The fraction of sp³-hybridized carbons (Fsp3) is 0.348. The van der Waals surface area contributed by atoms with E-state index >= 15 is 0 Å². The number of fused-ring (bicyclic) bond motifs is 1. The maximum absolute atomic E-state index is 13.2. The van der Waals surface area contributed by atoms with Crippen molar-refractivity contribution in [2.75, 3.05) is 0 Å². The highest BCUT2D eigenvalue weighted by atomic mass is 16.2. The van der Waals surface area contributed by atoms with Crippen molar-refractivity contribution in [3.63, 3.8) is 0 Å². The van der Waals surface area contributed by atoms with E-state index in [1.807, 2.05) is 54.3 Å². The maximum Gasteiger partial charge on any atom is 0.261 e. The van der Waals surface area contributed by atoms with E-state index in [1.54, 1.807) is 6.07 Å². The number of carbonyl (C=O) groups excluding carboxylic acids is 1. The molecule has 144 valence electrons. The molecule has 0 radical (unpaired) electrons. The van der Waals surface area contributed by atoms with Gasteiger partial charge in [-0.25, -0.2) is 4.98 Å². The van der Waals surface area contributed by atoms with Crippen LogP contribution < -0.4 is 5.56 Å². The third-order valence-corrected chi connectivity index (χ3v) is 5.67. The van der Waals surface area contributed by atoms with Crippen LogP contribution in [0.2, 0.25) is 0 Å². The molecule has 1 unspecified atom stereocenters. The lowest BCUT2D eigenvalue weighted by atomic mass is 10.1. The molecule has 5 nitrogen and oxygen atoms in total. The molecule has 2 aromatic carbocycles. The number of aromatic nitrogens is 2. The number of hydrogen-bond acceptors (Lipinski definition) is 3. The lowest BCUT2D eigenvalue weighted by molar-refractivity contribution is -0.135. The van der Waals surface area contributed by atoms with Gasteiger partial charge in [0.15, 0.2) is 0 Å². The van der Waals surface area contributed by atoms with Gasteiger partial charge in [-0.15, -0.1) is 0 Å². The van der Waals surface area contributed by atoms with Gasteiger partial charge >= 0.3 is 0 Å². The number of nitrogens with zero attached hydrogens (tertiary/aromatic N) is 3. The summed E-state index contributed by atoms with van der Waals surface area (Å²) in [5, 5.41) is 0.556. The zero-order valence-corrected chi connectivity index (χ0v) is 16.3. The second-order valence-electron chi connectivity index (χ2n) is 7.73. The Morgan fingerprint density at radius 3 is 2.64 bits per heavy atom. The standard InChI is InChI=1S/C23H25N3O2/c1-16-7-6-10-20-22(16)24-15-25(23(20)28)14-21(27)26(17(2)19-11-12-19)13-18-8-4-3-5-9-18/h3-10,15,17,19H,11-14H2,1-2H3. The Hall–Kier alpha value is -2.95. The van der Waals surface area contributed by atoms with Gasteiger partial charge in [0.05, 0.1) is 17.2 Å². The summed E-state index contributed by atoms with van der Waals surface area (Å²) in [6.07, 6.45) is 3.82. The van der Waals surface area contributed by atoms with Gasteiger partial charge in [-0.1, -0.05) is 42.5 Å². The van der Waals surface area contributed by atoms with Crippen molar-refractivity contribution in [2.24, 2.45) is 5.92 Å². The van der Waals surface area contributed by atoms with Crippen LogP contribution in [0.1, 0.15) is 30.9 Å². The van der Waals surface area contributed by atoms with Crippen LogP contribution >= 0.6 is 0 Å². The van der Waals surface area contributed by atoms with Crippen LogP contribution in [0.25, 0.3) is 10.9 Å². The number of carbonyl (C=O) groups is 1. The molecule has 0 N–H and O–H groups in total. The molecule has 1 aliphatic carbocycles. The van der Waals surface area contributed by atoms with Gasteiger partial charge in [0.1, 0.15) is 6.54 Å². The molecule has 1 heterocycles. The van der Waals surface area contributed by atoms with Crippen LogP contribution in [-0.2, 0) is 17.9 Å². The number of para-hydroxylation sites is 1. The van der Waals surface area contributed by atoms with Crippen molar-refractivity contribution in [2.45, 2.75) is 45.8 Å². The van der Waals surface area contributed by atoms with Crippen LogP contribution in [0, 0.1) is 12.8 Å². The molecule has 0 bridgehead atoms. The third-order valence-electron chi connectivity index (χ3n) is 5.67. The Labute approximate surface area is 164 Å². The SMILES string of the molecule is Cc1cccc2c(=O)n(CC(=O)N(Cc3ccccc3)C(C)C3CC3)cnc12. The van der Waals surface area contributed by atoms with Gasteiger partial charge in [-0.2, -0.15) is 0 Å². The molecule has 1 atom stereocenters. The summed E-state index contributed by atoms with van der Waals surface area (Å²) in [4.78, 5) is 32.4. The van der Waals surface area contributed by atoms with E-state index in [1.165, 1.54) is 10.9 Å². The molecule has 1 amide bonds. The Morgan fingerprint density at radius 2 is 1.93 bits per heavy atom. The van der Waals surface area contributed by atoms with Crippen LogP contribution in [0.5, 0.6) is 0 Å². The first-order valence-electron chi connectivity index (χ1n) is 9.83. The van der Waals surface area contributed by atoms with Gasteiger partial charge < -0.3 is 4.90 Å². The Bertz CT molecular complexity index is 1050. The van der Waals surface area contributed by atoms with Crippen molar-refractivity contribution >= 4 is 16.8 Å².